The van der Waals surface area contributed by atoms with Crippen molar-refractivity contribution < 1.29 is 28.6 Å². The number of rotatable bonds is 7. The third-order valence-corrected chi connectivity index (χ3v) is 5.91. The minimum Gasteiger partial charge on any atom is -0.423 e. The molecule has 6 heteroatoms. The molecule has 4 aromatic rings. The predicted octanol–water partition coefficient (Wildman–Crippen LogP) is 6.82. The van der Waals surface area contributed by atoms with E-state index in [2.05, 4.69) is 43.4 Å². The molecule has 0 spiro atoms. The van der Waals surface area contributed by atoms with Gasteiger partial charge in [0.2, 0.25) is 0 Å². The molecule has 214 valence electrons. The van der Waals surface area contributed by atoms with Crippen LogP contribution in [0.2, 0.25) is 0 Å². The normalized spacial score (nSPS) is 9.66. The lowest BCUT2D eigenvalue weighted by Gasteiger charge is -2.11. The number of esters is 3. The molecule has 6 nitrogen and oxygen atoms in total. The van der Waals surface area contributed by atoms with Gasteiger partial charge in [0.05, 0.1) is 0 Å². The summed E-state index contributed by atoms with van der Waals surface area (Å²) in [6.45, 7) is 12.0. The van der Waals surface area contributed by atoms with Gasteiger partial charge >= 0.3 is 17.9 Å². The Hall–Kier alpha value is -6.37. The topological polar surface area (TPSA) is 78.9 Å². The van der Waals surface area contributed by atoms with Crippen molar-refractivity contribution in [3.05, 3.63) is 151 Å². The monoisotopic (exact) mass is 578 g/mol. The number of ether oxygens (including phenoxy) is 3. The summed E-state index contributed by atoms with van der Waals surface area (Å²) < 4.78 is 15.8. The number of hydrogen-bond donors (Lipinski definition) is 0. The Kier molecular flexibility index (Phi) is 10.1. The summed E-state index contributed by atoms with van der Waals surface area (Å²) in [6, 6.07) is 26.5. The van der Waals surface area contributed by atoms with E-state index >= 15 is 0 Å². The number of carbonyl (C=O) groups is 3. The fourth-order valence-corrected chi connectivity index (χ4v) is 3.66. The SMILES string of the molecule is C=CC(=O)Oc1ccc(C#Cc2ccc(-c3ccc(C#Cc4ccc(OC(=O)C=C)cc4)cc3OC(=O)C(=C)C)cc2)cc1. The molecule has 0 aromatic heterocycles. The number of hydrogen-bond acceptors (Lipinski definition) is 6. The smallest absolute Gasteiger partial charge is 0.338 e. The van der Waals surface area contributed by atoms with Crippen molar-refractivity contribution in [2.75, 3.05) is 0 Å². The molecule has 0 aliphatic rings. The van der Waals surface area contributed by atoms with E-state index in [9.17, 15) is 14.4 Å². The summed E-state index contributed by atoms with van der Waals surface area (Å²) >= 11 is 0. The van der Waals surface area contributed by atoms with Crippen molar-refractivity contribution in [2.24, 2.45) is 0 Å². The fraction of sp³-hybridized carbons (Fsp3) is 0.0263. The molecule has 4 rings (SSSR count). The summed E-state index contributed by atoms with van der Waals surface area (Å²) in [7, 11) is 0. The van der Waals surface area contributed by atoms with Crippen LogP contribution in [-0.4, -0.2) is 17.9 Å². The van der Waals surface area contributed by atoms with Gasteiger partial charge in [-0.1, -0.05) is 55.6 Å². The Balaban J connectivity index is 1.54. The summed E-state index contributed by atoms with van der Waals surface area (Å²) in [5.74, 6) is 11.8. The highest BCUT2D eigenvalue weighted by Crippen LogP contribution is 2.32. The van der Waals surface area contributed by atoms with E-state index in [0.29, 0.717) is 33.9 Å². The van der Waals surface area contributed by atoms with Crippen LogP contribution in [0.5, 0.6) is 17.2 Å². The van der Waals surface area contributed by atoms with E-state index in [1.54, 1.807) is 61.5 Å². The second kappa shape index (κ2) is 14.5. The zero-order valence-corrected chi connectivity index (χ0v) is 23.9. The van der Waals surface area contributed by atoms with Crippen molar-refractivity contribution >= 4 is 17.9 Å². The molecule has 0 radical (unpaired) electrons. The van der Waals surface area contributed by atoms with Gasteiger partial charge in [-0.15, -0.1) is 0 Å². The lowest BCUT2D eigenvalue weighted by molar-refractivity contribution is -0.130. The summed E-state index contributed by atoms with van der Waals surface area (Å²) in [5, 5.41) is 0. The van der Waals surface area contributed by atoms with Gasteiger partial charge in [0.25, 0.3) is 0 Å². The van der Waals surface area contributed by atoms with Crippen LogP contribution >= 0.6 is 0 Å². The zero-order chi connectivity index (χ0) is 31.5. The maximum Gasteiger partial charge on any atom is 0.338 e. The Morgan fingerprint density at radius 1 is 0.591 bits per heavy atom. The van der Waals surface area contributed by atoms with Crippen LogP contribution in [0, 0.1) is 23.7 Å². The van der Waals surface area contributed by atoms with Crippen LogP contribution < -0.4 is 14.2 Å². The largest absolute Gasteiger partial charge is 0.423 e. The molecular weight excluding hydrogens is 552 g/mol. The molecule has 0 heterocycles. The van der Waals surface area contributed by atoms with Gasteiger partial charge < -0.3 is 14.2 Å². The Morgan fingerprint density at radius 3 is 1.43 bits per heavy atom. The van der Waals surface area contributed by atoms with Gasteiger partial charge in [0.1, 0.15) is 17.2 Å². The van der Waals surface area contributed by atoms with Crippen LogP contribution in [-0.2, 0) is 14.4 Å². The first kappa shape index (κ1) is 30.6. The molecular formula is C38H26O6. The molecule has 0 aliphatic heterocycles. The van der Waals surface area contributed by atoms with Crippen LogP contribution in [0.4, 0.5) is 0 Å². The lowest BCUT2D eigenvalue weighted by atomic mass is 10.0. The maximum absolute atomic E-state index is 12.4. The summed E-state index contributed by atoms with van der Waals surface area (Å²) in [4.78, 5) is 35.1. The predicted molar refractivity (Wildman–Crippen MR) is 169 cm³/mol. The molecule has 0 saturated heterocycles. The van der Waals surface area contributed by atoms with Gasteiger partial charge in [0.15, 0.2) is 0 Å². The van der Waals surface area contributed by atoms with E-state index in [0.717, 1.165) is 28.8 Å². The van der Waals surface area contributed by atoms with Crippen LogP contribution in [0.15, 0.2) is 128 Å². The van der Waals surface area contributed by atoms with Crippen molar-refractivity contribution in [2.45, 2.75) is 6.92 Å². The van der Waals surface area contributed by atoms with Crippen molar-refractivity contribution in [3.63, 3.8) is 0 Å². The van der Waals surface area contributed by atoms with Gasteiger partial charge in [-0.2, -0.15) is 0 Å². The standard InChI is InChI=1S/C38H26O6/c1-5-36(39)42-32-20-13-28(14-21-32)8-7-27-11-18-31(19-12-27)34-24-17-30(25-35(34)44-38(41)26(3)4)10-9-29-15-22-33(23-16-29)43-37(40)6-2/h5-6,11-25H,1-3H2,4H3. The summed E-state index contributed by atoms with van der Waals surface area (Å²) in [6.07, 6.45) is 2.19. The van der Waals surface area contributed by atoms with E-state index in [1.165, 1.54) is 0 Å². The maximum atomic E-state index is 12.4. The van der Waals surface area contributed by atoms with E-state index in [4.69, 9.17) is 14.2 Å². The highest BCUT2D eigenvalue weighted by Gasteiger charge is 2.13. The minimum absolute atomic E-state index is 0.266. The third-order valence-electron chi connectivity index (χ3n) is 5.91. The van der Waals surface area contributed by atoms with Crippen molar-refractivity contribution in [3.8, 4) is 52.1 Å². The molecule has 0 atom stereocenters. The molecule has 0 saturated carbocycles. The van der Waals surface area contributed by atoms with E-state index < -0.39 is 17.9 Å². The molecule has 4 aromatic carbocycles. The van der Waals surface area contributed by atoms with Crippen molar-refractivity contribution in [1.82, 2.24) is 0 Å². The zero-order valence-electron chi connectivity index (χ0n) is 23.9. The number of carbonyl (C=O) groups excluding carboxylic acids is 3. The quantitative estimate of drug-likeness (QED) is 0.104. The molecule has 0 fully saturated rings. The minimum atomic E-state index is -0.547. The first-order chi connectivity index (χ1) is 21.2. The average molecular weight is 579 g/mol. The molecule has 0 N–H and O–H groups in total. The van der Waals surface area contributed by atoms with Gasteiger partial charge in [-0.05, 0) is 91.3 Å². The molecule has 44 heavy (non-hydrogen) atoms. The van der Waals surface area contributed by atoms with Crippen molar-refractivity contribution in [1.29, 1.82) is 0 Å². The van der Waals surface area contributed by atoms with Crippen LogP contribution in [0.1, 0.15) is 29.2 Å². The molecule has 0 amide bonds. The lowest BCUT2D eigenvalue weighted by Crippen LogP contribution is -2.09. The average Bonchev–Trinajstić information content (AvgIpc) is 3.04. The summed E-state index contributed by atoms with van der Waals surface area (Å²) in [5.41, 5.74) is 4.65. The Morgan fingerprint density at radius 2 is 1.00 bits per heavy atom. The molecule has 0 unspecified atom stereocenters. The molecule has 0 aliphatic carbocycles. The number of benzene rings is 4. The van der Waals surface area contributed by atoms with E-state index in [-0.39, 0.29) is 5.57 Å². The second-order valence-electron chi connectivity index (χ2n) is 9.26. The third kappa shape index (κ3) is 8.57. The van der Waals surface area contributed by atoms with Gasteiger partial charge in [-0.25, -0.2) is 14.4 Å². The first-order valence-corrected chi connectivity index (χ1v) is 13.3. The van der Waals surface area contributed by atoms with Gasteiger partial charge in [0, 0.05) is 45.5 Å². The fourth-order valence-electron chi connectivity index (χ4n) is 3.66. The first-order valence-electron chi connectivity index (χ1n) is 13.3. The molecule has 0 bridgehead atoms. The Labute approximate surface area is 255 Å². The second-order valence-corrected chi connectivity index (χ2v) is 9.26. The highest BCUT2D eigenvalue weighted by atomic mass is 16.5. The van der Waals surface area contributed by atoms with Gasteiger partial charge in [-0.3, -0.25) is 0 Å². The Bertz CT molecular complexity index is 1870. The van der Waals surface area contributed by atoms with Crippen LogP contribution in [0.25, 0.3) is 11.1 Å². The van der Waals surface area contributed by atoms with E-state index in [1.807, 2.05) is 36.4 Å². The van der Waals surface area contributed by atoms with Crippen LogP contribution in [0.3, 0.4) is 0 Å². The highest BCUT2D eigenvalue weighted by molar-refractivity contribution is 5.90.